The molecule has 2 aromatic carbocycles. The van der Waals surface area contributed by atoms with Gasteiger partial charge in [0.25, 0.3) is 0 Å². The highest BCUT2D eigenvalue weighted by atomic mass is 16.4. The Morgan fingerprint density at radius 3 is 2.61 bits per heavy atom. The summed E-state index contributed by atoms with van der Waals surface area (Å²) in [6, 6.07) is 15.4. The standard InChI is InChI=1S/C22H20N4O2/c27-22(28)15-10-11-20-18(13-15)23-21(26(20)16-7-2-1-3-8-16)19-12-14-6-4-5-9-17(14)24-25-19/h4-6,9-13,16H,1-3,7-8H2,(H,27,28). The maximum Gasteiger partial charge on any atom is 0.335 e. The van der Waals surface area contributed by atoms with Crippen LogP contribution < -0.4 is 0 Å². The molecule has 0 atom stereocenters. The molecule has 0 radical (unpaired) electrons. The van der Waals surface area contributed by atoms with Crippen molar-refractivity contribution < 1.29 is 9.90 Å². The van der Waals surface area contributed by atoms with Crippen LogP contribution in [0.1, 0.15) is 48.5 Å². The van der Waals surface area contributed by atoms with Crippen molar-refractivity contribution in [1.29, 1.82) is 0 Å². The van der Waals surface area contributed by atoms with Crippen molar-refractivity contribution in [2.75, 3.05) is 0 Å². The van der Waals surface area contributed by atoms with Gasteiger partial charge in [0, 0.05) is 11.4 Å². The van der Waals surface area contributed by atoms with E-state index >= 15 is 0 Å². The fourth-order valence-electron chi connectivity index (χ4n) is 4.22. The molecule has 4 aromatic rings. The van der Waals surface area contributed by atoms with E-state index in [2.05, 4.69) is 14.8 Å². The normalized spacial score (nSPS) is 15.3. The van der Waals surface area contributed by atoms with Crippen molar-refractivity contribution in [3.8, 4) is 11.5 Å². The number of hydrogen-bond donors (Lipinski definition) is 1. The van der Waals surface area contributed by atoms with Crippen LogP contribution in [0.25, 0.3) is 33.5 Å². The van der Waals surface area contributed by atoms with E-state index in [9.17, 15) is 9.90 Å². The topological polar surface area (TPSA) is 80.9 Å². The molecular weight excluding hydrogens is 352 g/mol. The van der Waals surface area contributed by atoms with Gasteiger partial charge in [-0.05, 0) is 43.2 Å². The van der Waals surface area contributed by atoms with Crippen LogP contribution in [0, 0.1) is 0 Å². The molecule has 2 heterocycles. The average molecular weight is 372 g/mol. The van der Waals surface area contributed by atoms with E-state index in [0.717, 1.165) is 40.8 Å². The zero-order valence-corrected chi connectivity index (χ0v) is 15.4. The molecule has 1 N–H and O–H groups in total. The second-order valence-corrected chi connectivity index (χ2v) is 7.39. The monoisotopic (exact) mass is 372 g/mol. The molecular formula is C22H20N4O2. The number of hydrogen-bond acceptors (Lipinski definition) is 4. The number of aromatic nitrogens is 4. The Hall–Kier alpha value is -3.28. The summed E-state index contributed by atoms with van der Waals surface area (Å²) in [4.78, 5) is 16.2. The average Bonchev–Trinajstić information content (AvgIpc) is 3.12. The third-order valence-electron chi connectivity index (χ3n) is 5.60. The fourth-order valence-corrected chi connectivity index (χ4v) is 4.22. The number of rotatable bonds is 3. The van der Waals surface area contributed by atoms with Gasteiger partial charge in [0.15, 0.2) is 5.82 Å². The number of fused-ring (bicyclic) bond motifs is 2. The molecule has 1 fully saturated rings. The maximum absolute atomic E-state index is 11.4. The van der Waals surface area contributed by atoms with Gasteiger partial charge in [0.2, 0.25) is 0 Å². The second-order valence-electron chi connectivity index (χ2n) is 7.39. The molecule has 6 heteroatoms. The Bertz CT molecular complexity index is 1190. The largest absolute Gasteiger partial charge is 0.478 e. The molecule has 140 valence electrons. The SMILES string of the molecule is O=C(O)c1ccc2c(c1)nc(-c1cc3ccccc3nn1)n2C1CCCCC1. The van der Waals surface area contributed by atoms with Crippen molar-refractivity contribution in [3.05, 3.63) is 54.1 Å². The minimum absolute atomic E-state index is 0.247. The number of carboxylic acid groups (broad SMARTS) is 1. The molecule has 6 nitrogen and oxygen atoms in total. The van der Waals surface area contributed by atoms with Gasteiger partial charge >= 0.3 is 5.97 Å². The molecule has 28 heavy (non-hydrogen) atoms. The van der Waals surface area contributed by atoms with Crippen LogP contribution in [-0.4, -0.2) is 30.8 Å². The van der Waals surface area contributed by atoms with Gasteiger partial charge < -0.3 is 9.67 Å². The summed E-state index contributed by atoms with van der Waals surface area (Å²) in [6.45, 7) is 0. The third-order valence-corrected chi connectivity index (χ3v) is 5.60. The second kappa shape index (κ2) is 6.71. The number of imidazole rings is 1. The fraction of sp³-hybridized carbons (Fsp3) is 0.273. The van der Waals surface area contributed by atoms with Crippen LogP contribution in [0.4, 0.5) is 0 Å². The lowest BCUT2D eigenvalue weighted by atomic mass is 9.95. The van der Waals surface area contributed by atoms with Crippen molar-refractivity contribution in [2.45, 2.75) is 38.1 Å². The van der Waals surface area contributed by atoms with Crippen LogP contribution in [0.15, 0.2) is 48.5 Å². The van der Waals surface area contributed by atoms with Gasteiger partial charge in [-0.1, -0.05) is 37.5 Å². The molecule has 0 amide bonds. The van der Waals surface area contributed by atoms with Gasteiger partial charge in [-0.2, -0.15) is 0 Å². The van der Waals surface area contributed by atoms with E-state index in [1.807, 2.05) is 36.4 Å². The maximum atomic E-state index is 11.4. The Labute approximate surface area is 161 Å². The highest BCUT2D eigenvalue weighted by molar-refractivity contribution is 5.93. The minimum Gasteiger partial charge on any atom is -0.478 e. The van der Waals surface area contributed by atoms with Gasteiger partial charge in [-0.3, -0.25) is 0 Å². The van der Waals surface area contributed by atoms with Gasteiger partial charge in [0.1, 0.15) is 5.69 Å². The van der Waals surface area contributed by atoms with Crippen LogP contribution in [0.2, 0.25) is 0 Å². The zero-order chi connectivity index (χ0) is 19.1. The Balaban J connectivity index is 1.73. The predicted molar refractivity (Wildman–Crippen MR) is 107 cm³/mol. The number of benzene rings is 2. The molecule has 2 aromatic heterocycles. The summed E-state index contributed by atoms with van der Waals surface area (Å²) >= 11 is 0. The van der Waals surface area contributed by atoms with E-state index in [0.29, 0.717) is 11.6 Å². The first-order valence-electron chi connectivity index (χ1n) is 9.69. The lowest BCUT2D eigenvalue weighted by Gasteiger charge is -2.25. The molecule has 0 aliphatic heterocycles. The summed E-state index contributed by atoms with van der Waals surface area (Å²) in [5, 5.41) is 19.2. The quantitative estimate of drug-likeness (QED) is 0.556. The van der Waals surface area contributed by atoms with Crippen molar-refractivity contribution in [3.63, 3.8) is 0 Å². The van der Waals surface area contributed by atoms with Crippen LogP contribution >= 0.6 is 0 Å². The molecule has 5 rings (SSSR count). The molecule has 1 aliphatic rings. The number of nitrogens with zero attached hydrogens (tertiary/aromatic N) is 4. The minimum atomic E-state index is -0.943. The smallest absolute Gasteiger partial charge is 0.335 e. The predicted octanol–water partition coefficient (Wildman–Crippen LogP) is 4.85. The summed E-state index contributed by atoms with van der Waals surface area (Å²) in [5.74, 6) is -0.177. The van der Waals surface area contributed by atoms with Gasteiger partial charge in [-0.25, -0.2) is 9.78 Å². The van der Waals surface area contributed by atoms with Crippen LogP contribution in [0.5, 0.6) is 0 Å². The zero-order valence-electron chi connectivity index (χ0n) is 15.4. The first-order valence-corrected chi connectivity index (χ1v) is 9.69. The van der Waals surface area contributed by atoms with Gasteiger partial charge in [-0.15, -0.1) is 10.2 Å². The van der Waals surface area contributed by atoms with E-state index in [1.54, 1.807) is 12.1 Å². The number of aromatic carboxylic acids is 1. The Kier molecular flexibility index (Phi) is 4.04. The molecule has 0 spiro atoms. The van der Waals surface area contributed by atoms with Crippen LogP contribution in [-0.2, 0) is 0 Å². The van der Waals surface area contributed by atoms with E-state index in [-0.39, 0.29) is 5.56 Å². The molecule has 0 bridgehead atoms. The van der Waals surface area contributed by atoms with Crippen molar-refractivity contribution in [1.82, 2.24) is 19.7 Å². The third kappa shape index (κ3) is 2.81. The van der Waals surface area contributed by atoms with Crippen molar-refractivity contribution >= 4 is 27.9 Å². The lowest BCUT2D eigenvalue weighted by molar-refractivity contribution is 0.0697. The molecule has 0 unspecified atom stereocenters. The summed E-state index contributed by atoms with van der Waals surface area (Å²) in [6.07, 6.45) is 5.85. The number of carboxylic acids is 1. The van der Waals surface area contributed by atoms with Crippen LogP contribution in [0.3, 0.4) is 0 Å². The molecule has 1 saturated carbocycles. The first-order chi connectivity index (χ1) is 13.7. The molecule has 1 aliphatic carbocycles. The Morgan fingerprint density at radius 2 is 1.79 bits per heavy atom. The number of carbonyl (C=O) groups is 1. The highest BCUT2D eigenvalue weighted by Crippen LogP contribution is 2.36. The van der Waals surface area contributed by atoms with E-state index in [4.69, 9.17) is 4.98 Å². The Morgan fingerprint density at radius 1 is 0.964 bits per heavy atom. The summed E-state index contributed by atoms with van der Waals surface area (Å²) in [7, 11) is 0. The summed E-state index contributed by atoms with van der Waals surface area (Å²) < 4.78 is 2.25. The lowest BCUT2D eigenvalue weighted by Crippen LogP contribution is -2.14. The van der Waals surface area contributed by atoms with E-state index in [1.165, 1.54) is 19.3 Å². The van der Waals surface area contributed by atoms with Gasteiger partial charge in [0.05, 0.1) is 22.1 Å². The summed E-state index contributed by atoms with van der Waals surface area (Å²) in [5.41, 5.74) is 3.46. The van der Waals surface area contributed by atoms with E-state index < -0.39 is 5.97 Å². The van der Waals surface area contributed by atoms with Crippen molar-refractivity contribution in [2.24, 2.45) is 0 Å². The first kappa shape index (κ1) is 16.9. The molecule has 0 saturated heterocycles. The highest BCUT2D eigenvalue weighted by Gasteiger charge is 2.24.